The molecule has 0 aliphatic carbocycles. The van der Waals surface area contributed by atoms with Crippen LogP contribution in [0.25, 0.3) is 11.0 Å². The summed E-state index contributed by atoms with van der Waals surface area (Å²) in [6, 6.07) is 4.07. The van der Waals surface area contributed by atoms with Crippen molar-refractivity contribution in [2.45, 2.75) is 39.8 Å². The zero-order chi connectivity index (χ0) is 12.3. The normalized spacial score (nSPS) is 11.5. The summed E-state index contributed by atoms with van der Waals surface area (Å²) >= 11 is 0. The fraction of sp³-hybridized carbons (Fsp3) is 0.500. The van der Waals surface area contributed by atoms with Crippen LogP contribution in [0, 0.1) is 5.92 Å². The number of aromatic nitrogens is 2. The van der Waals surface area contributed by atoms with E-state index in [9.17, 15) is 0 Å². The van der Waals surface area contributed by atoms with Crippen molar-refractivity contribution in [3.63, 3.8) is 0 Å². The molecule has 3 nitrogen and oxygen atoms in total. The molecule has 0 unspecified atom stereocenters. The zero-order valence-corrected chi connectivity index (χ0v) is 10.7. The van der Waals surface area contributed by atoms with Crippen molar-refractivity contribution in [3.8, 4) is 0 Å². The first kappa shape index (κ1) is 12.1. The van der Waals surface area contributed by atoms with Crippen molar-refractivity contribution in [2.75, 3.05) is 0 Å². The van der Waals surface area contributed by atoms with E-state index in [0.717, 1.165) is 18.1 Å². The lowest BCUT2D eigenvalue weighted by atomic mass is 10.1. The highest BCUT2D eigenvalue weighted by molar-refractivity contribution is 5.80. The molecule has 0 radical (unpaired) electrons. The molecule has 0 spiro atoms. The molecule has 0 saturated carbocycles. The second-order valence-corrected chi connectivity index (χ2v) is 4.96. The second-order valence-electron chi connectivity index (χ2n) is 4.96. The molecule has 0 saturated heterocycles. The lowest BCUT2D eigenvalue weighted by molar-refractivity contribution is 0.516. The fourth-order valence-electron chi connectivity index (χ4n) is 2.20. The Balaban J connectivity index is 2.22. The molecule has 0 fully saturated rings. The van der Waals surface area contributed by atoms with E-state index in [1.807, 2.05) is 12.3 Å². The van der Waals surface area contributed by atoms with Gasteiger partial charge in [-0.3, -0.25) is 0 Å². The number of rotatable bonds is 5. The third kappa shape index (κ3) is 2.67. The summed E-state index contributed by atoms with van der Waals surface area (Å²) in [6.45, 7) is 6.14. The van der Waals surface area contributed by atoms with Crippen molar-refractivity contribution in [2.24, 2.45) is 11.7 Å². The second kappa shape index (κ2) is 5.32. The van der Waals surface area contributed by atoms with E-state index < -0.39 is 0 Å². The van der Waals surface area contributed by atoms with Crippen LogP contribution in [0.4, 0.5) is 0 Å². The minimum absolute atomic E-state index is 0.583. The van der Waals surface area contributed by atoms with Gasteiger partial charge < -0.3 is 10.3 Å². The summed E-state index contributed by atoms with van der Waals surface area (Å²) in [5, 5.41) is 1.19. The molecule has 0 aromatic carbocycles. The molecule has 2 aromatic heterocycles. The molecule has 2 heterocycles. The number of aryl methyl sites for hydroxylation is 1. The number of pyridine rings is 1. The molecular formula is C14H21N3. The summed E-state index contributed by atoms with van der Waals surface area (Å²) in [4.78, 5) is 4.45. The molecule has 0 bridgehead atoms. The average molecular weight is 231 g/mol. The van der Waals surface area contributed by atoms with Crippen LogP contribution in [0.5, 0.6) is 0 Å². The minimum Gasteiger partial charge on any atom is -0.332 e. The topological polar surface area (TPSA) is 43.8 Å². The molecule has 2 rings (SSSR count). The van der Waals surface area contributed by atoms with Gasteiger partial charge in [-0.15, -0.1) is 0 Å². The van der Waals surface area contributed by atoms with Crippen LogP contribution in [-0.2, 0) is 13.1 Å². The molecule has 0 aliphatic rings. The highest BCUT2D eigenvalue weighted by atomic mass is 15.0. The lowest BCUT2D eigenvalue weighted by Gasteiger charge is -2.06. The van der Waals surface area contributed by atoms with Gasteiger partial charge in [0.05, 0.1) is 0 Å². The van der Waals surface area contributed by atoms with Gasteiger partial charge >= 0.3 is 0 Å². The van der Waals surface area contributed by atoms with E-state index in [0.29, 0.717) is 6.54 Å². The first-order valence-electron chi connectivity index (χ1n) is 6.35. The summed E-state index contributed by atoms with van der Waals surface area (Å²) < 4.78 is 2.24. The summed E-state index contributed by atoms with van der Waals surface area (Å²) in [6.07, 6.45) is 6.45. The Hall–Kier alpha value is -1.35. The zero-order valence-electron chi connectivity index (χ0n) is 10.7. The highest BCUT2D eigenvalue weighted by Gasteiger charge is 2.07. The van der Waals surface area contributed by atoms with Gasteiger partial charge in [0.25, 0.3) is 0 Å². The van der Waals surface area contributed by atoms with Crippen molar-refractivity contribution in [1.82, 2.24) is 9.55 Å². The Bertz CT molecular complexity index is 485. The van der Waals surface area contributed by atoms with Crippen LogP contribution >= 0.6 is 0 Å². The van der Waals surface area contributed by atoms with Gasteiger partial charge in [0.1, 0.15) is 5.65 Å². The average Bonchev–Trinajstić information content (AvgIpc) is 2.68. The molecule has 0 aliphatic heterocycles. The molecule has 0 atom stereocenters. The van der Waals surface area contributed by atoms with E-state index in [1.54, 1.807) is 0 Å². The van der Waals surface area contributed by atoms with Crippen molar-refractivity contribution in [3.05, 3.63) is 30.1 Å². The van der Waals surface area contributed by atoms with Crippen LogP contribution in [0.1, 0.15) is 32.3 Å². The van der Waals surface area contributed by atoms with Gasteiger partial charge in [0.15, 0.2) is 0 Å². The Kier molecular flexibility index (Phi) is 3.79. The third-order valence-corrected chi connectivity index (χ3v) is 3.12. The minimum atomic E-state index is 0.583. The monoisotopic (exact) mass is 231 g/mol. The number of nitrogens with two attached hydrogens (primary N) is 1. The van der Waals surface area contributed by atoms with E-state index in [1.165, 1.54) is 23.8 Å². The van der Waals surface area contributed by atoms with Crippen molar-refractivity contribution < 1.29 is 0 Å². The number of hydrogen-bond acceptors (Lipinski definition) is 2. The molecule has 17 heavy (non-hydrogen) atoms. The van der Waals surface area contributed by atoms with Crippen molar-refractivity contribution in [1.29, 1.82) is 0 Å². The van der Waals surface area contributed by atoms with Crippen LogP contribution in [0.2, 0.25) is 0 Å². The maximum atomic E-state index is 5.77. The molecule has 2 N–H and O–H groups in total. The van der Waals surface area contributed by atoms with Gasteiger partial charge in [0, 0.05) is 30.9 Å². The Morgan fingerprint density at radius 1 is 1.41 bits per heavy atom. The largest absolute Gasteiger partial charge is 0.332 e. The van der Waals surface area contributed by atoms with Crippen molar-refractivity contribution >= 4 is 11.0 Å². The van der Waals surface area contributed by atoms with Gasteiger partial charge in [-0.05, 0) is 36.5 Å². The number of hydrogen-bond donors (Lipinski definition) is 1. The quantitative estimate of drug-likeness (QED) is 0.859. The Morgan fingerprint density at radius 3 is 2.94 bits per heavy atom. The van der Waals surface area contributed by atoms with E-state index >= 15 is 0 Å². The maximum Gasteiger partial charge on any atom is 0.140 e. The maximum absolute atomic E-state index is 5.77. The summed E-state index contributed by atoms with van der Waals surface area (Å²) in [5.74, 6) is 0.763. The molecule has 2 aromatic rings. The van der Waals surface area contributed by atoms with Gasteiger partial charge in [-0.1, -0.05) is 13.8 Å². The third-order valence-electron chi connectivity index (χ3n) is 3.12. The van der Waals surface area contributed by atoms with Gasteiger partial charge in [0.2, 0.25) is 0 Å². The van der Waals surface area contributed by atoms with Gasteiger partial charge in [-0.2, -0.15) is 0 Å². The predicted octanol–water partition coefficient (Wildman–Crippen LogP) is 2.93. The molecule has 0 amide bonds. The van der Waals surface area contributed by atoms with Gasteiger partial charge in [-0.25, -0.2) is 4.98 Å². The molecule has 92 valence electrons. The highest BCUT2D eigenvalue weighted by Crippen LogP contribution is 2.19. The number of fused-ring (bicyclic) bond motifs is 1. The Labute approximate surface area is 103 Å². The van der Waals surface area contributed by atoms with Crippen LogP contribution in [-0.4, -0.2) is 9.55 Å². The lowest BCUT2D eigenvalue weighted by Crippen LogP contribution is -1.99. The SMILES string of the molecule is CC(C)CCCn1cc(CN)c2cccnc21. The molecular weight excluding hydrogens is 210 g/mol. The van der Waals surface area contributed by atoms with Crippen LogP contribution < -0.4 is 5.73 Å². The predicted molar refractivity (Wildman–Crippen MR) is 71.7 cm³/mol. The first-order valence-corrected chi connectivity index (χ1v) is 6.35. The first-order chi connectivity index (χ1) is 8.22. The summed E-state index contributed by atoms with van der Waals surface area (Å²) in [5.41, 5.74) is 8.02. The molecule has 3 heteroatoms. The van der Waals surface area contributed by atoms with E-state index in [-0.39, 0.29) is 0 Å². The van der Waals surface area contributed by atoms with Crippen LogP contribution in [0.3, 0.4) is 0 Å². The summed E-state index contributed by atoms with van der Waals surface area (Å²) in [7, 11) is 0. The van der Waals surface area contributed by atoms with Crippen LogP contribution in [0.15, 0.2) is 24.5 Å². The fourth-order valence-corrected chi connectivity index (χ4v) is 2.20. The standard InChI is InChI=1S/C14H21N3/c1-11(2)5-4-8-17-10-12(9-15)13-6-3-7-16-14(13)17/h3,6-7,10-11H,4-5,8-9,15H2,1-2H3. The smallest absolute Gasteiger partial charge is 0.140 e. The Morgan fingerprint density at radius 2 is 2.24 bits per heavy atom. The van der Waals surface area contributed by atoms with E-state index in [4.69, 9.17) is 5.73 Å². The number of nitrogens with zero attached hydrogens (tertiary/aromatic N) is 2. The van der Waals surface area contributed by atoms with E-state index in [2.05, 4.69) is 35.7 Å².